The van der Waals surface area contributed by atoms with E-state index in [9.17, 15) is 0 Å². The highest BCUT2D eigenvalue weighted by Gasteiger charge is 2.27. The lowest BCUT2D eigenvalue weighted by Crippen LogP contribution is -2.30. The van der Waals surface area contributed by atoms with Crippen LogP contribution in [0.4, 0.5) is 0 Å². The Hall–Kier alpha value is -2.12. The normalized spacial score (nSPS) is 18.6. The molecule has 2 aliphatic rings. The number of fused-ring (bicyclic) bond motifs is 1. The molecule has 0 unspecified atom stereocenters. The third-order valence-corrected chi connectivity index (χ3v) is 6.19. The summed E-state index contributed by atoms with van der Waals surface area (Å²) in [6.07, 6.45) is 5.87. The number of likely N-dealkylation sites (tertiary alicyclic amines) is 1. The Balaban J connectivity index is 1.80. The van der Waals surface area contributed by atoms with Crippen LogP contribution in [0.2, 0.25) is 0 Å². The van der Waals surface area contributed by atoms with E-state index in [1.807, 2.05) is 0 Å². The molecule has 0 bridgehead atoms. The van der Waals surface area contributed by atoms with E-state index in [4.69, 9.17) is 0 Å². The molecular formula is C25H29N. The first-order chi connectivity index (χ1) is 12.5. The predicted octanol–water partition coefficient (Wildman–Crippen LogP) is 5.77. The van der Waals surface area contributed by atoms with Crippen LogP contribution in [0, 0.1) is 13.8 Å². The molecule has 1 nitrogen and oxygen atoms in total. The van der Waals surface area contributed by atoms with E-state index < -0.39 is 0 Å². The zero-order valence-corrected chi connectivity index (χ0v) is 16.3. The number of allylic oxidation sites excluding steroid dienone is 3. The van der Waals surface area contributed by atoms with E-state index in [-0.39, 0.29) is 0 Å². The zero-order valence-electron chi connectivity index (χ0n) is 16.3. The molecular weight excluding hydrogens is 314 g/mol. The molecule has 0 spiro atoms. The topological polar surface area (TPSA) is 3.24 Å². The molecule has 0 saturated carbocycles. The Kier molecular flexibility index (Phi) is 4.58. The van der Waals surface area contributed by atoms with Crippen LogP contribution in [0.5, 0.6) is 0 Å². The van der Waals surface area contributed by atoms with E-state index >= 15 is 0 Å². The van der Waals surface area contributed by atoms with Gasteiger partial charge in [-0.3, -0.25) is 0 Å². The second kappa shape index (κ2) is 6.89. The molecule has 26 heavy (non-hydrogen) atoms. The molecule has 1 aliphatic heterocycles. The molecule has 2 aromatic rings. The standard InChI is InChI=1S/C25H29N/c1-17-14-18(2)25(21-10-12-26(4)13-11-21)23-16-22(15-19(3)24(17)23)20-8-6-5-7-9-20/h5-9,14-15,21H,3,10-13,16H2,1-2,4H3. The van der Waals surface area contributed by atoms with Gasteiger partial charge < -0.3 is 4.90 Å². The van der Waals surface area contributed by atoms with Crippen molar-refractivity contribution in [3.05, 3.63) is 82.4 Å². The molecule has 0 radical (unpaired) electrons. The van der Waals surface area contributed by atoms with Gasteiger partial charge >= 0.3 is 0 Å². The Morgan fingerprint density at radius 3 is 2.38 bits per heavy atom. The molecule has 2 aromatic carbocycles. The number of hydrogen-bond donors (Lipinski definition) is 0. The van der Waals surface area contributed by atoms with Crippen LogP contribution >= 0.6 is 0 Å². The Morgan fingerprint density at radius 2 is 1.69 bits per heavy atom. The summed E-state index contributed by atoms with van der Waals surface area (Å²) in [4.78, 5) is 2.46. The van der Waals surface area contributed by atoms with Crippen molar-refractivity contribution in [1.82, 2.24) is 4.90 Å². The van der Waals surface area contributed by atoms with E-state index in [0.29, 0.717) is 5.92 Å². The van der Waals surface area contributed by atoms with Crippen molar-refractivity contribution in [2.45, 2.75) is 39.0 Å². The fraction of sp³-hybridized carbons (Fsp3) is 0.360. The number of hydrogen-bond acceptors (Lipinski definition) is 1. The average molecular weight is 344 g/mol. The van der Waals surface area contributed by atoms with Gasteiger partial charge in [0.15, 0.2) is 0 Å². The summed E-state index contributed by atoms with van der Waals surface area (Å²) in [5.41, 5.74) is 11.3. The smallest absolute Gasteiger partial charge is 0.00104 e. The minimum atomic E-state index is 0.684. The van der Waals surface area contributed by atoms with Gasteiger partial charge in [-0.15, -0.1) is 0 Å². The van der Waals surface area contributed by atoms with Crippen LogP contribution in [-0.2, 0) is 6.42 Å². The molecule has 1 saturated heterocycles. The van der Waals surface area contributed by atoms with Gasteiger partial charge in [0.1, 0.15) is 0 Å². The fourth-order valence-corrected chi connectivity index (χ4v) is 4.94. The maximum atomic E-state index is 4.44. The van der Waals surface area contributed by atoms with Crippen molar-refractivity contribution in [2.24, 2.45) is 0 Å². The summed E-state index contributed by atoms with van der Waals surface area (Å²) in [6, 6.07) is 13.2. The minimum absolute atomic E-state index is 0.684. The van der Waals surface area contributed by atoms with Crippen molar-refractivity contribution in [3.63, 3.8) is 0 Å². The lowest BCUT2D eigenvalue weighted by molar-refractivity contribution is 0.254. The van der Waals surface area contributed by atoms with Gasteiger partial charge in [-0.1, -0.05) is 49.1 Å². The van der Waals surface area contributed by atoms with E-state index in [0.717, 1.165) is 6.42 Å². The van der Waals surface area contributed by atoms with Gasteiger partial charge in [-0.2, -0.15) is 0 Å². The maximum absolute atomic E-state index is 4.44. The molecule has 0 N–H and O–H groups in total. The highest BCUT2D eigenvalue weighted by molar-refractivity contribution is 5.90. The Labute approximate surface area is 158 Å². The molecule has 1 heteroatoms. The van der Waals surface area contributed by atoms with Gasteiger partial charge in [0, 0.05) is 0 Å². The Morgan fingerprint density at radius 1 is 1.00 bits per heavy atom. The summed E-state index contributed by atoms with van der Waals surface area (Å²) in [5.74, 6) is 0.684. The van der Waals surface area contributed by atoms with Crippen LogP contribution < -0.4 is 0 Å². The summed E-state index contributed by atoms with van der Waals surface area (Å²) >= 11 is 0. The lowest BCUT2D eigenvalue weighted by atomic mass is 9.75. The van der Waals surface area contributed by atoms with Crippen LogP contribution in [0.1, 0.15) is 52.1 Å². The van der Waals surface area contributed by atoms with Crippen molar-refractivity contribution in [1.29, 1.82) is 0 Å². The fourth-order valence-electron chi connectivity index (χ4n) is 4.94. The van der Waals surface area contributed by atoms with E-state index in [1.165, 1.54) is 59.3 Å². The summed E-state index contributed by atoms with van der Waals surface area (Å²) in [5, 5.41) is 0. The van der Waals surface area contributed by atoms with Crippen molar-refractivity contribution >= 4 is 11.1 Å². The van der Waals surface area contributed by atoms with Gasteiger partial charge in [-0.05, 0) is 104 Å². The average Bonchev–Trinajstić information content (AvgIpc) is 2.63. The van der Waals surface area contributed by atoms with Crippen LogP contribution in [-0.4, -0.2) is 25.0 Å². The first-order valence-corrected chi connectivity index (χ1v) is 9.81. The molecule has 4 rings (SSSR count). The highest BCUT2D eigenvalue weighted by Crippen LogP contribution is 2.42. The van der Waals surface area contributed by atoms with Crippen molar-refractivity contribution in [3.8, 4) is 0 Å². The number of piperidine rings is 1. The maximum Gasteiger partial charge on any atom is -0.00104 e. The molecule has 1 heterocycles. The molecule has 0 atom stereocenters. The lowest BCUT2D eigenvalue weighted by Gasteiger charge is -2.34. The van der Waals surface area contributed by atoms with Gasteiger partial charge in [0.05, 0.1) is 0 Å². The first-order valence-electron chi connectivity index (χ1n) is 9.81. The van der Waals surface area contributed by atoms with Crippen molar-refractivity contribution in [2.75, 3.05) is 20.1 Å². The van der Waals surface area contributed by atoms with Crippen LogP contribution in [0.15, 0.2) is 49.1 Å². The quantitative estimate of drug-likeness (QED) is 0.669. The molecule has 1 aliphatic carbocycles. The first kappa shape index (κ1) is 17.3. The zero-order chi connectivity index (χ0) is 18.3. The van der Waals surface area contributed by atoms with Crippen LogP contribution in [0.25, 0.3) is 11.1 Å². The van der Waals surface area contributed by atoms with Gasteiger partial charge in [0.2, 0.25) is 0 Å². The molecule has 1 fully saturated rings. The second-order valence-electron chi connectivity index (χ2n) is 8.09. The summed E-state index contributed by atoms with van der Waals surface area (Å²) < 4.78 is 0. The monoisotopic (exact) mass is 343 g/mol. The van der Waals surface area contributed by atoms with Gasteiger partial charge in [0.25, 0.3) is 0 Å². The SMILES string of the molecule is C=C1C=C(c2ccccc2)Cc2c1c(C)cc(C)c2C1CCN(C)CC1. The number of rotatable bonds is 2. The summed E-state index contributed by atoms with van der Waals surface area (Å²) in [7, 11) is 2.24. The van der Waals surface area contributed by atoms with Crippen molar-refractivity contribution < 1.29 is 0 Å². The Bertz CT molecular complexity index is 865. The largest absolute Gasteiger partial charge is 0.306 e. The van der Waals surface area contributed by atoms with E-state index in [1.54, 1.807) is 11.1 Å². The van der Waals surface area contributed by atoms with E-state index in [2.05, 4.69) is 74.8 Å². The molecule has 134 valence electrons. The van der Waals surface area contributed by atoms with Crippen LogP contribution in [0.3, 0.4) is 0 Å². The molecule has 0 amide bonds. The number of benzene rings is 2. The minimum Gasteiger partial charge on any atom is -0.306 e. The third-order valence-electron chi connectivity index (χ3n) is 6.19. The number of nitrogens with zero attached hydrogens (tertiary/aromatic N) is 1. The summed E-state index contributed by atoms with van der Waals surface area (Å²) in [6.45, 7) is 11.4. The van der Waals surface area contributed by atoms with Gasteiger partial charge in [-0.25, -0.2) is 0 Å². The second-order valence-corrected chi connectivity index (χ2v) is 8.09. The predicted molar refractivity (Wildman–Crippen MR) is 113 cm³/mol. The third kappa shape index (κ3) is 3.05. The molecule has 0 aromatic heterocycles. The highest BCUT2D eigenvalue weighted by atomic mass is 15.1. The number of aryl methyl sites for hydroxylation is 2.